The van der Waals surface area contributed by atoms with Gasteiger partial charge >= 0.3 is 0 Å². The molecule has 0 aromatic heterocycles. The molecule has 26 heavy (non-hydrogen) atoms. The van der Waals surface area contributed by atoms with Crippen molar-refractivity contribution in [3.05, 3.63) is 0 Å². The molecule has 1 heterocycles. The fourth-order valence-corrected chi connectivity index (χ4v) is 4.36. The van der Waals surface area contributed by atoms with Gasteiger partial charge in [-0.2, -0.15) is 0 Å². The molecule has 0 saturated carbocycles. The smallest absolute Gasteiger partial charge is 0.191 e. The van der Waals surface area contributed by atoms with Crippen molar-refractivity contribution >= 4 is 14.1 Å². The third-order valence-corrected chi connectivity index (χ3v) is 10.8. The maximum Gasteiger partial charge on any atom is 0.191 e. The Kier molecular flexibility index (Phi) is 9.52. The summed E-state index contributed by atoms with van der Waals surface area (Å²) in [5.74, 6) is 1.62. The van der Waals surface area contributed by atoms with Crippen LogP contribution < -0.4 is 0 Å². The van der Waals surface area contributed by atoms with Crippen LogP contribution in [0, 0.1) is 11.8 Å². The Morgan fingerprint density at radius 2 is 1.88 bits per heavy atom. The summed E-state index contributed by atoms with van der Waals surface area (Å²) in [5, 5.41) is 0.247. The number of rotatable bonds is 10. The van der Waals surface area contributed by atoms with Gasteiger partial charge in [0.05, 0.1) is 12.2 Å². The van der Waals surface area contributed by atoms with Crippen LogP contribution in [-0.4, -0.2) is 32.9 Å². The second-order valence-corrected chi connectivity index (χ2v) is 15.1. The first kappa shape index (κ1) is 23.8. The summed E-state index contributed by atoms with van der Waals surface area (Å²) < 4.78 is 12.6. The molecule has 0 aromatic carbocycles. The largest absolute Gasteiger partial charge is 0.417 e. The number of hydrogen-bond acceptors (Lipinski definition) is 3. The monoisotopic (exact) mass is 384 g/mol. The fraction of sp³-hybridized carbons (Fsp3) is 0.955. The first-order valence-electron chi connectivity index (χ1n) is 10.7. The molecule has 3 nitrogen and oxygen atoms in total. The van der Waals surface area contributed by atoms with Crippen molar-refractivity contribution in [2.24, 2.45) is 11.8 Å². The van der Waals surface area contributed by atoms with Crippen molar-refractivity contribution in [3.63, 3.8) is 0 Å². The Balaban J connectivity index is 2.39. The van der Waals surface area contributed by atoms with Crippen LogP contribution in [0.3, 0.4) is 0 Å². The van der Waals surface area contributed by atoms with Crippen LogP contribution in [0.2, 0.25) is 18.1 Å². The Hall–Kier alpha value is -0.193. The molecule has 0 amide bonds. The van der Waals surface area contributed by atoms with Crippen LogP contribution in [0.1, 0.15) is 86.5 Å². The van der Waals surface area contributed by atoms with E-state index in [2.05, 4.69) is 54.6 Å². The summed E-state index contributed by atoms with van der Waals surface area (Å²) in [7, 11) is -1.69. The van der Waals surface area contributed by atoms with Crippen molar-refractivity contribution in [2.45, 2.75) is 117 Å². The molecule has 0 aliphatic carbocycles. The van der Waals surface area contributed by atoms with Crippen LogP contribution in [0.15, 0.2) is 0 Å². The highest BCUT2D eigenvalue weighted by Gasteiger charge is 2.37. The van der Waals surface area contributed by atoms with Gasteiger partial charge < -0.3 is 9.16 Å². The third-order valence-electron chi connectivity index (χ3n) is 6.31. The van der Waals surface area contributed by atoms with Crippen LogP contribution in [0.25, 0.3) is 0 Å². The number of Topliss-reactive ketones (excluding diaryl/α,β-unsaturated/α-hetero) is 1. The first-order chi connectivity index (χ1) is 11.9. The molecule has 0 aromatic rings. The van der Waals surface area contributed by atoms with Crippen molar-refractivity contribution in [1.29, 1.82) is 0 Å². The van der Waals surface area contributed by atoms with Gasteiger partial charge in [0.1, 0.15) is 5.78 Å². The summed E-state index contributed by atoms with van der Waals surface area (Å²) in [4.78, 5) is 12.2. The van der Waals surface area contributed by atoms with E-state index in [4.69, 9.17) is 9.16 Å². The van der Waals surface area contributed by atoms with E-state index in [1.54, 1.807) is 0 Å². The van der Waals surface area contributed by atoms with E-state index in [9.17, 15) is 4.79 Å². The van der Waals surface area contributed by atoms with Gasteiger partial charge in [0, 0.05) is 19.4 Å². The maximum absolute atomic E-state index is 12.2. The second kappa shape index (κ2) is 10.4. The lowest BCUT2D eigenvalue weighted by Crippen LogP contribution is -2.42. The quantitative estimate of drug-likeness (QED) is 0.411. The molecule has 1 aliphatic heterocycles. The highest BCUT2D eigenvalue weighted by atomic mass is 28.4. The van der Waals surface area contributed by atoms with Crippen LogP contribution in [-0.2, 0) is 14.0 Å². The van der Waals surface area contributed by atoms with Gasteiger partial charge in [-0.05, 0) is 55.7 Å². The van der Waals surface area contributed by atoms with Gasteiger partial charge in [0.2, 0.25) is 0 Å². The van der Waals surface area contributed by atoms with Crippen molar-refractivity contribution in [1.82, 2.24) is 0 Å². The minimum Gasteiger partial charge on any atom is -0.417 e. The SMILES string of the molecule is CC(C)CCCC(=O)C[C@@H]1CC[C@H](C)[C@@H](CCO[Si](C)(C)C(C)(C)C)O1. The summed E-state index contributed by atoms with van der Waals surface area (Å²) in [6, 6.07) is 0. The van der Waals surface area contributed by atoms with E-state index in [-0.39, 0.29) is 17.2 Å². The van der Waals surface area contributed by atoms with Gasteiger partial charge in [-0.3, -0.25) is 4.79 Å². The summed E-state index contributed by atoms with van der Waals surface area (Å²) in [6.07, 6.45) is 6.97. The van der Waals surface area contributed by atoms with Gasteiger partial charge in [0.15, 0.2) is 8.32 Å². The zero-order valence-corrected chi connectivity index (χ0v) is 19.7. The Morgan fingerprint density at radius 3 is 2.46 bits per heavy atom. The van der Waals surface area contributed by atoms with E-state index in [1.165, 1.54) is 0 Å². The fourth-order valence-electron chi connectivity index (χ4n) is 3.30. The summed E-state index contributed by atoms with van der Waals surface area (Å²) in [5.41, 5.74) is 0. The van der Waals surface area contributed by atoms with Gasteiger partial charge in [-0.15, -0.1) is 0 Å². The third kappa shape index (κ3) is 8.22. The first-order valence-corrected chi connectivity index (χ1v) is 13.6. The number of carbonyl (C=O) groups is 1. The summed E-state index contributed by atoms with van der Waals surface area (Å²) in [6.45, 7) is 18.9. The second-order valence-electron chi connectivity index (χ2n) is 10.3. The van der Waals surface area contributed by atoms with E-state index in [0.717, 1.165) is 38.7 Å². The zero-order chi connectivity index (χ0) is 20.0. The number of carbonyl (C=O) groups excluding carboxylic acids is 1. The highest BCUT2D eigenvalue weighted by molar-refractivity contribution is 6.74. The minimum absolute atomic E-state index is 0.121. The van der Waals surface area contributed by atoms with E-state index >= 15 is 0 Å². The minimum atomic E-state index is -1.69. The highest BCUT2D eigenvalue weighted by Crippen LogP contribution is 2.37. The van der Waals surface area contributed by atoms with E-state index in [1.807, 2.05) is 0 Å². The molecule has 1 aliphatic rings. The van der Waals surface area contributed by atoms with E-state index in [0.29, 0.717) is 30.5 Å². The number of ketones is 1. The molecular weight excluding hydrogens is 340 g/mol. The molecule has 1 rings (SSSR count). The molecule has 0 spiro atoms. The van der Waals surface area contributed by atoms with Gasteiger partial charge in [-0.25, -0.2) is 0 Å². The molecule has 1 saturated heterocycles. The molecule has 0 unspecified atom stereocenters. The normalized spacial score (nSPS) is 24.9. The average molecular weight is 385 g/mol. The van der Waals surface area contributed by atoms with Gasteiger partial charge in [0.25, 0.3) is 0 Å². The van der Waals surface area contributed by atoms with Crippen LogP contribution in [0.4, 0.5) is 0 Å². The molecule has 3 atom stereocenters. The molecule has 0 bridgehead atoms. The standard InChI is InChI=1S/C22H44O3Si/c1-17(2)10-9-11-19(23)16-20-13-12-18(3)21(25-20)14-15-24-26(7,8)22(4,5)6/h17-18,20-21H,9-16H2,1-8H3/t18-,20-,21+/m0/s1. The Bertz CT molecular complexity index is 426. The Morgan fingerprint density at radius 1 is 1.23 bits per heavy atom. The predicted molar refractivity (Wildman–Crippen MR) is 113 cm³/mol. The molecule has 1 fully saturated rings. The molecule has 0 radical (unpaired) electrons. The van der Waals surface area contributed by atoms with Crippen LogP contribution >= 0.6 is 0 Å². The lowest BCUT2D eigenvalue weighted by atomic mass is 9.89. The van der Waals surface area contributed by atoms with Crippen molar-refractivity contribution in [2.75, 3.05) is 6.61 Å². The number of ether oxygens (including phenoxy) is 1. The molecule has 0 N–H and O–H groups in total. The summed E-state index contributed by atoms with van der Waals surface area (Å²) >= 11 is 0. The van der Waals surface area contributed by atoms with Crippen LogP contribution in [0.5, 0.6) is 0 Å². The maximum atomic E-state index is 12.2. The zero-order valence-electron chi connectivity index (χ0n) is 18.7. The Labute approximate surface area is 163 Å². The number of hydrogen-bond donors (Lipinski definition) is 0. The van der Waals surface area contributed by atoms with E-state index < -0.39 is 8.32 Å². The predicted octanol–water partition coefficient (Wildman–Crippen LogP) is 6.37. The molecular formula is C22H44O3Si. The van der Waals surface area contributed by atoms with Crippen molar-refractivity contribution in [3.8, 4) is 0 Å². The lowest BCUT2D eigenvalue weighted by Gasteiger charge is -2.38. The van der Waals surface area contributed by atoms with Crippen molar-refractivity contribution < 1.29 is 14.0 Å². The molecule has 154 valence electrons. The van der Waals surface area contributed by atoms with Gasteiger partial charge in [-0.1, -0.05) is 48.0 Å². The lowest BCUT2D eigenvalue weighted by molar-refractivity contribution is -0.129. The topological polar surface area (TPSA) is 35.5 Å². The average Bonchev–Trinajstić information content (AvgIpc) is 2.48. The molecule has 4 heteroatoms.